The van der Waals surface area contributed by atoms with Crippen LogP contribution in [0.4, 0.5) is 0 Å². The summed E-state index contributed by atoms with van der Waals surface area (Å²) in [5.41, 5.74) is 5.90. The highest BCUT2D eigenvalue weighted by Crippen LogP contribution is 2.12. The van der Waals surface area contributed by atoms with Crippen LogP contribution in [0.3, 0.4) is 0 Å². The van der Waals surface area contributed by atoms with Crippen molar-refractivity contribution in [3.63, 3.8) is 0 Å². The Hall–Kier alpha value is -0.650. The smallest absolute Gasteiger partial charge is 0.237 e. The molecule has 2 aliphatic rings. The number of rotatable bonds is 2. The van der Waals surface area contributed by atoms with E-state index in [2.05, 4.69) is 28.7 Å². The van der Waals surface area contributed by atoms with E-state index in [-0.39, 0.29) is 0 Å². The quantitative estimate of drug-likeness (QED) is 0.764. The molecule has 0 aromatic carbocycles. The zero-order chi connectivity index (χ0) is 13.8. The lowest BCUT2D eigenvalue weighted by Crippen LogP contribution is -2.49. The van der Waals surface area contributed by atoms with E-state index in [0.29, 0.717) is 24.5 Å². The van der Waals surface area contributed by atoms with Crippen molar-refractivity contribution in [3.8, 4) is 0 Å². The van der Waals surface area contributed by atoms with E-state index < -0.39 is 0 Å². The number of likely N-dealkylation sites (N-methyl/N-ethyl adjacent to an activating group) is 1. The molecule has 0 bridgehead atoms. The molecule has 1 unspecified atom stereocenters. The van der Waals surface area contributed by atoms with Gasteiger partial charge >= 0.3 is 0 Å². The number of nitrogens with two attached hydrogens (primary N) is 1. The molecule has 1 atom stereocenters. The van der Waals surface area contributed by atoms with Gasteiger partial charge in [0, 0.05) is 38.3 Å². The molecule has 2 fully saturated rings. The maximum Gasteiger partial charge on any atom is 0.237 e. The third-order valence-electron chi connectivity index (χ3n) is 4.36. The van der Waals surface area contributed by atoms with Crippen LogP contribution < -0.4 is 5.73 Å². The molecule has 5 nitrogen and oxygen atoms in total. The summed E-state index contributed by atoms with van der Waals surface area (Å²) in [6.07, 6.45) is 3.12. The second-order valence-corrected chi connectivity index (χ2v) is 6.17. The van der Waals surface area contributed by atoms with Gasteiger partial charge in [0.05, 0.1) is 6.54 Å². The SMILES string of the molecule is CC1CN(C)CCCN1C(=O)CN1CCC(N)CC1. The topological polar surface area (TPSA) is 52.8 Å². The Morgan fingerprint density at radius 2 is 1.89 bits per heavy atom. The van der Waals surface area contributed by atoms with Crippen LogP contribution in [0.2, 0.25) is 0 Å². The Morgan fingerprint density at radius 1 is 1.21 bits per heavy atom. The molecule has 0 aliphatic carbocycles. The number of carbonyl (C=O) groups excluding carboxylic acids is 1. The minimum atomic E-state index is 0.290. The standard InChI is InChI=1S/C14H28N4O/c1-12-10-16(2)6-3-7-18(12)14(19)11-17-8-4-13(15)5-9-17/h12-13H,3-11,15H2,1-2H3. The molecule has 0 spiro atoms. The van der Waals surface area contributed by atoms with Crippen LogP contribution in [0.25, 0.3) is 0 Å². The van der Waals surface area contributed by atoms with Crippen LogP contribution in [-0.2, 0) is 4.79 Å². The molecule has 2 rings (SSSR count). The normalized spacial score (nSPS) is 28.4. The maximum absolute atomic E-state index is 12.5. The van der Waals surface area contributed by atoms with E-state index in [9.17, 15) is 4.79 Å². The molecule has 5 heteroatoms. The van der Waals surface area contributed by atoms with E-state index in [1.807, 2.05) is 0 Å². The lowest BCUT2D eigenvalue weighted by Gasteiger charge is -2.33. The molecule has 2 heterocycles. The highest BCUT2D eigenvalue weighted by molar-refractivity contribution is 5.78. The second-order valence-electron chi connectivity index (χ2n) is 6.17. The van der Waals surface area contributed by atoms with Crippen LogP contribution >= 0.6 is 0 Å². The van der Waals surface area contributed by atoms with E-state index in [1.54, 1.807) is 0 Å². The number of hydrogen-bond donors (Lipinski definition) is 1. The van der Waals surface area contributed by atoms with Crippen LogP contribution in [0.1, 0.15) is 26.2 Å². The van der Waals surface area contributed by atoms with E-state index in [4.69, 9.17) is 5.73 Å². The fourth-order valence-corrected chi connectivity index (χ4v) is 3.14. The molecule has 0 saturated carbocycles. The Kier molecular flexibility index (Phi) is 5.19. The largest absolute Gasteiger partial charge is 0.338 e. The van der Waals surface area contributed by atoms with E-state index >= 15 is 0 Å². The maximum atomic E-state index is 12.5. The third-order valence-corrected chi connectivity index (χ3v) is 4.36. The van der Waals surface area contributed by atoms with Crippen molar-refractivity contribution in [2.75, 3.05) is 46.3 Å². The molecule has 0 radical (unpaired) electrons. The Morgan fingerprint density at radius 3 is 2.58 bits per heavy atom. The Balaban J connectivity index is 1.84. The zero-order valence-electron chi connectivity index (χ0n) is 12.3. The van der Waals surface area contributed by atoms with Gasteiger partial charge in [-0.1, -0.05) is 0 Å². The third kappa shape index (κ3) is 4.16. The minimum Gasteiger partial charge on any atom is -0.338 e. The molecule has 0 aromatic heterocycles. The summed E-state index contributed by atoms with van der Waals surface area (Å²) >= 11 is 0. The molecular formula is C14H28N4O. The van der Waals surface area contributed by atoms with E-state index in [0.717, 1.165) is 52.0 Å². The fourth-order valence-electron chi connectivity index (χ4n) is 3.14. The van der Waals surface area contributed by atoms with Gasteiger partial charge in [-0.05, 0) is 39.8 Å². The number of carbonyl (C=O) groups is 1. The number of piperidine rings is 1. The summed E-state index contributed by atoms with van der Waals surface area (Å²) in [7, 11) is 2.14. The molecule has 2 aliphatic heterocycles. The van der Waals surface area contributed by atoms with Crippen LogP contribution in [-0.4, -0.2) is 79.0 Å². The van der Waals surface area contributed by atoms with Gasteiger partial charge in [-0.15, -0.1) is 0 Å². The first kappa shape index (κ1) is 14.8. The number of amides is 1. The lowest BCUT2D eigenvalue weighted by atomic mass is 10.1. The Labute approximate surface area is 116 Å². The first-order valence-electron chi connectivity index (χ1n) is 7.52. The molecule has 0 aromatic rings. The van der Waals surface area contributed by atoms with Crippen molar-refractivity contribution in [1.82, 2.24) is 14.7 Å². The summed E-state index contributed by atoms with van der Waals surface area (Å²) in [6.45, 7) is 7.64. The summed E-state index contributed by atoms with van der Waals surface area (Å²) in [5, 5.41) is 0. The number of likely N-dealkylation sites (tertiary alicyclic amines) is 1. The van der Waals surface area contributed by atoms with Gasteiger partial charge in [0.25, 0.3) is 0 Å². The van der Waals surface area contributed by atoms with E-state index in [1.165, 1.54) is 0 Å². The van der Waals surface area contributed by atoms with Crippen molar-refractivity contribution < 1.29 is 4.79 Å². The van der Waals surface area contributed by atoms with Crippen LogP contribution in [0.15, 0.2) is 0 Å². The lowest BCUT2D eigenvalue weighted by molar-refractivity contribution is -0.134. The van der Waals surface area contributed by atoms with Gasteiger partial charge in [-0.3, -0.25) is 9.69 Å². The predicted octanol–water partition coefficient (Wildman–Crippen LogP) is -0.0379. The molecule has 110 valence electrons. The molecule has 19 heavy (non-hydrogen) atoms. The molecule has 2 saturated heterocycles. The fraction of sp³-hybridized carbons (Fsp3) is 0.929. The number of nitrogens with zero attached hydrogens (tertiary/aromatic N) is 3. The van der Waals surface area contributed by atoms with Gasteiger partial charge in [0.1, 0.15) is 0 Å². The van der Waals surface area contributed by atoms with Crippen molar-refractivity contribution in [2.45, 2.75) is 38.3 Å². The zero-order valence-corrected chi connectivity index (χ0v) is 12.3. The Bertz CT molecular complexity index is 302. The summed E-state index contributed by atoms with van der Waals surface area (Å²) in [6, 6.07) is 0.657. The van der Waals surface area contributed by atoms with Gasteiger partial charge < -0.3 is 15.5 Å². The highest BCUT2D eigenvalue weighted by Gasteiger charge is 2.26. The first-order valence-corrected chi connectivity index (χ1v) is 7.52. The molecular weight excluding hydrogens is 240 g/mol. The average Bonchev–Trinajstić information content (AvgIpc) is 2.53. The van der Waals surface area contributed by atoms with Gasteiger partial charge in [0.15, 0.2) is 0 Å². The van der Waals surface area contributed by atoms with Crippen molar-refractivity contribution >= 4 is 5.91 Å². The second kappa shape index (κ2) is 6.68. The predicted molar refractivity (Wildman–Crippen MR) is 76.9 cm³/mol. The molecule has 1 amide bonds. The van der Waals surface area contributed by atoms with Crippen molar-refractivity contribution in [1.29, 1.82) is 0 Å². The molecule has 2 N–H and O–H groups in total. The van der Waals surface area contributed by atoms with Gasteiger partial charge in [0.2, 0.25) is 5.91 Å². The van der Waals surface area contributed by atoms with Crippen molar-refractivity contribution in [2.24, 2.45) is 5.73 Å². The van der Waals surface area contributed by atoms with Gasteiger partial charge in [-0.2, -0.15) is 0 Å². The van der Waals surface area contributed by atoms with Gasteiger partial charge in [-0.25, -0.2) is 0 Å². The summed E-state index contributed by atoms with van der Waals surface area (Å²) < 4.78 is 0. The average molecular weight is 268 g/mol. The highest BCUT2D eigenvalue weighted by atomic mass is 16.2. The van der Waals surface area contributed by atoms with Crippen LogP contribution in [0.5, 0.6) is 0 Å². The minimum absolute atomic E-state index is 0.290. The first-order chi connectivity index (χ1) is 9.06. The summed E-state index contributed by atoms with van der Waals surface area (Å²) in [5.74, 6) is 0.290. The van der Waals surface area contributed by atoms with Crippen molar-refractivity contribution in [3.05, 3.63) is 0 Å². The number of hydrogen-bond acceptors (Lipinski definition) is 4. The monoisotopic (exact) mass is 268 g/mol. The van der Waals surface area contributed by atoms with Crippen LogP contribution in [0, 0.1) is 0 Å². The summed E-state index contributed by atoms with van der Waals surface area (Å²) in [4.78, 5) is 19.1.